The zero-order valence-electron chi connectivity index (χ0n) is 12.1. The molecule has 0 fully saturated rings. The third-order valence-corrected chi connectivity index (χ3v) is 4.27. The molecule has 116 valence electrons. The van der Waals surface area contributed by atoms with Crippen molar-refractivity contribution in [3.8, 4) is 6.07 Å². The summed E-state index contributed by atoms with van der Waals surface area (Å²) in [5.41, 5.74) is -1.19. The number of nitriles is 1. The first-order chi connectivity index (χ1) is 11.0. The predicted octanol–water partition coefficient (Wildman–Crippen LogP) is 0.248. The zero-order valence-corrected chi connectivity index (χ0v) is 12.9. The molecule has 0 atom stereocenters. The second-order valence-corrected chi connectivity index (χ2v) is 5.68. The van der Waals surface area contributed by atoms with Gasteiger partial charge in [0.25, 0.3) is 11.1 Å². The largest absolute Gasteiger partial charge is 0.331 e. The van der Waals surface area contributed by atoms with Gasteiger partial charge in [-0.2, -0.15) is 5.26 Å². The van der Waals surface area contributed by atoms with E-state index in [1.165, 1.54) is 22.1 Å². The first-order valence-corrected chi connectivity index (χ1v) is 7.64. The van der Waals surface area contributed by atoms with Crippen LogP contribution in [-0.4, -0.2) is 19.1 Å². The van der Waals surface area contributed by atoms with Gasteiger partial charge in [-0.1, -0.05) is 0 Å². The number of nitrogens with one attached hydrogen (secondary N) is 1. The van der Waals surface area contributed by atoms with E-state index in [-0.39, 0.29) is 23.5 Å². The number of aromatic amines is 1. The summed E-state index contributed by atoms with van der Waals surface area (Å²) in [7, 11) is 0. The lowest BCUT2D eigenvalue weighted by molar-refractivity contribution is 0.585. The predicted molar refractivity (Wildman–Crippen MR) is 84.7 cm³/mol. The summed E-state index contributed by atoms with van der Waals surface area (Å²) in [6, 6.07) is 3.47. The van der Waals surface area contributed by atoms with Gasteiger partial charge in [0.05, 0.1) is 12.1 Å². The zero-order chi connectivity index (χ0) is 16.6. The molecule has 23 heavy (non-hydrogen) atoms. The Morgan fingerprint density at radius 2 is 2.17 bits per heavy atom. The van der Waals surface area contributed by atoms with Crippen LogP contribution in [0.1, 0.15) is 18.3 Å². The molecule has 0 saturated heterocycles. The number of hydrogen-bond donors (Lipinski definition) is 1. The quantitative estimate of drug-likeness (QED) is 0.740. The number of nitrogens with zero attached hydrogens (tertiary/aromatic N) is 4. The normalized spacial score (nSPS) is 10.8. The number of H-pyrrole nitrogens is 1. The highest BCUT2D eigenvalue weighted by Gasteiger charge is 2.13. The van der Waals surface area contributed by atoms with Crippen LogP contribution in [0.5, 0.6) is 0 Å². The summed E-state index contributed by atoms with van der Waals surface area (Å²) in [5.74, 6) is 0.192. The van der Waals surface area contributed by atoms with Crippen LogP contribution in [0.25, 0.3) is 10.2 Å². The maximum absolute atomic E-state index is 12.3. The molecule has 0 saturated carbocycles. The summed E-state index contributed by atoms with van der Waals surface area (Å²) >= 11 is 1.26. The lowest BCUT2D eigenvalue weighted by Gasteiger charge is -2.09. The van der Waals surface area contributed by atoms with Gasteiger partial charge in [0.15, 0.2) is 0 Å². The van der Waals surface area contributed by atoms with Crippen molar-refractivity contribution in [3.05, 3.63) is 60.2 Å². The Labute approximate surface area is 132 Å². The van der Waals surface area contributed by atoms with E-state index in [9.17, 15) is 14.4 Å². The third kappa shape index (κ3) is 2.49. The van der Waals surface area contributed by atoms with E-state index in [0.717, 1.165) is 4.57 Å². The van der Waals surface area contributed by atoms with Crippen LogP contribution in [0.2, 0.25) is 0 Å². The van der Waals surface area contributed by atoms with Gasteiger partial charge in [-0.05, 0) is 18.4 Å². The molecule has 0 aliphatic rings. The maximum atomic E-state index is 12.3. The van der Waals surface area contributed by atoms with Gasteiger partial charge in [0, 0.05) is 12.7 Å². The molecule has 0 amide bonds. The van der Waals surface area contributed by atoms with Crippen LogP contribution in [0.4, 0.5) is 0 Å². The van der Waals surface area contributed by atoms with Crippen LogP contribution in [-0.2, 0) is 13.1 Å². The van der Waals surface area contributed by atoms with E-state index < -0.39 is 11.2 Å². The molecule has 3 aromatic rings. The Balaban J connectivity index is 2.19. The van der Waals surface area contributed by atoms with Crippen molar-refractivity contribution >= 4 is 21.6 Å². The van der Waals surface area contributed by atoms with Crippen molar-refractivity contribution in [2.75, 3.05) is 0 Å². The maximum Gasteiger partial charge on any atom is 0.331 e. The van der Waals surface area contributed by atoms with E-state index in [4.69, 9.17) is 5.26 Å². The van der Waals surface area contributed by atoms with Crippen LogP contribution in [0.3, 0.4) is 0 Å². The molecule has 0 aromatic carbocycles. The fourth-order valence-electron chi connectivity index (χ4n) is 2.24. The minimum atomic E-state index is -0.699. The number of rotatable bonds is 3. The Hall–Kier alpha value is -2.99. The molecule has 0 spiro atoms. The van der Waals surface area contributed by atoms with Gasteiger partial charge in [-0.3, -0.25) is 18.7 Å². The average Bonchev–Trinajstić information content (AvgIpc) is 3.01. The van der Waals surface area contributed by atoms with Crippen LogP contribution >= 0.6 is 11.3 Å². The molecule has 9 heteroatoms. The van der Waals surface area contributed by atoms with Crippen molar-refractivity contribution in [1.82, 2.24) is 19.1 Å². The molecule has 8 nitrogen and oxygen atoms in total. The molecule has 0 bridgehead atoms. The number of aryl methyl sites for hydroxylation is 1. The second kappa shape index (κ2) is 5.66. The SMILES string of the molecule is CCn1cc(C#N)c(=O)n(Cc2nc3ccsc3c(=O)[nH]2)c1=O. The van der Waals surface area contributed by atoms with Crippen molar-refractivity contribution < 1.29 is 0 Å². The molecule has 0 unspecified atom stereocenters. The van der Waals surface area contributed by atoms with Crippen LogP contribution in [0.15, 0.2) is 32.0 Å². The van der Waals surface area contributed by atoms with Crippen LogP contribution < -0.4 is 16.8 Å². The molecule has 0 aliphatic carbocycles. The highest BCUT2D eigenvalue weighted by Crippen LogP contribution is 2.13. The van der Waals surface area contributed by atoms with Crippen molar-refractivity contribution in [2.45, 2.75) is 20.0 Å². The minimum Gasteiger partial charge on any atom is -0.308 e. The first kappa shape index (κ1) is 14.9. The first-order valence-electron chi connectivity index (χ1n) is 6.76. The van der Waals surface area contributed by atoms with Crippen molar-refractivity contribution in [3.63, 3.8) is 0 Å². The van der Waals surface area contributed by atoms with Crippen LogP contribution in [0, 0.1) is 11.3 Å². The fraction of sp³-hybridized carbons (Fsp3) is 0.214. The van der Waals surface area contributed by atoms with E-state index in [1.807, 2.05) is 0 Å². The van der Waals surface area contributed by atoms with Gasteiger partial charge >= 0.3 is 5.69 Å². The standard InChI is InChI=1S/C14H11N5O3S/c1-2-18-6-8(5-15)13(21)19(14(18)22)7-10-16-9-3-4-23-11(9)12(20)17-10/h3-4,6H,2,7H2,1H3,(H,16,17,20). The highest BCUT2D eigenvalue weighted by molar-refractivity contribution is 7.17. The number of aromatic nitrogens is 4. The Morgan fingerprint density at radius 1 is 1.39 bits per heavy atom. The Bertz CT molecular complexity index is 1110. The summed E-state index contributed by atoms with van der Waals surface area (Å²) in [6.07, 6.45) is 1.24. The lowest BCUT2D eigenvalue weighted by Crippen LogP contribution is -2.41. The fourth-order valence-corrected chi connectivity index (χ4v) is 2.97. The van der Waals surface area contributed by atoms with Crippen molar-refractivity contribution in [1.29, 1.82) is 5.26 Å². The minimum absolute atomic E-state index is 0.134. The van der Waals surface area contributed by atoms with Gasteiger partial charge in [-0.25, -0.2) is 9.78 Å². The van der Waals surface area contributed by atoms with Gasteiger partial charge in [0.2, 0.25) is 0 Å². The smallest absolute Gasteiger partial charge is 0.308 e. The van der Waals surface area contributed by atoms with E-state index in [1.54, 1.807) is 24.4 Å². The van der Waals surface area contributed by atoms with Crippen molar-refractivity contribution in [2.24, 2.45) is 0 Å². The average molecular weight is 329 g/mol. The second-order valence-electron chi connectivity index (χ2n) is 4.76. The number of hydrogen-bond acceptors (Lipinski definition) is 6. The van der Waals surface area contributed by atoms with E-state index in [2.05, 4.69) is 9.97 Å². The molecule has 3 heterocycles. The van der Waals surface area contributed by atoms with Gasteiger partial charge in [-0.15, -0.1) is 11.3 Å². The van der Waals surface area contributed by atoms with E-state index in [0.29, 0.717) is 16.8 Å². The summed E-state index contributed by atoms with van der Waals surface area (Å²) in [4.78, 5) is 43.3. The lowest BCUT2D eigenvalue weighted by atomic mass is 10.3. The Kier molecular flexibility index (Phi) is 3.67. The Morgan fingerprint density at radius 3 is 2.87 bits per heavy atom. The molecule has 3 aromatic heterocycles. The molecule has 0 aliphatic heterocycles. The van der Waals surface area contributed by atoms with E-state index >= 15 is 0 Å². The topological polar surface area (TPSA) is 114 Å². The molecule has 0 radical (unpaired) electrons. The van der Waals surface area contributed by atoms with Gasteiger partial charge in [0.1, 0.15) is 22.2 Å². The molecular formula is C14H11N5O3S. The van der Waals surface area contributed by atoms with Gasteiger partial charge < -0.3 is 4.98 Å². The third-order valence-electron chi connectivity index (χ3n) is 3.37. The molecular weight excluding hydrogens is 318 g/mol. The summed E-state index contributed by atoms with van der Waals surface area (Å²) < 4.78 is 2.65. The molecule has 3 rings (SSSR count). The number of thiophene rings is 1. The number of fused-ring (bicyclic) bond motifs is 1. The molecule has 1 N–H and O–H groups in total. The summed E-state index contributed by atoms with van der Waals surface area (Å²) in [6.45, 7) is 1.85. The summed E-state index contributed by atoms with van der Waals surface area (Å²) in [5, 5.41) is 10.8. The highest BCUT2D eigenvalue weighted by atomic mass is 32.1. The monoisotopic (exact) mass is 329 g/mol.